The van der Waals surface area contributed by atoms with Gasteiger partial charge in [-0.3, -0.25) is 0 Å². The summed E-state index contributed by atoms with van der Waals surface area (Å²) in [6.45, 7) is 10.6. The zero-order valence-corrected chi connectivity index (χ0v) is 11.5. The fourth-order valence-electron chi connectivity index (χ4n) is 2.03. The minimum Gasteiger partial charge on any atom is -0.409 e. The van der Waals surface area contributed by atoms with Gasteiger partial charge in [-0.25, -0.2) is 0 Å². The fraction of sp³-hybridized carbons (Fsp3) is 0.917. The van der Waals surface area contributed by atoms with E-state index in [1.807, 2.05) is 13.8 Å². The van der Waals surface area contributed by atoms with Gasteiger partial charge in [-0.05, 0) is 26.9 Å². The molecule has 1 saturated heterocycles. The molecule has 1 aliphatic heterocycles. The summed E-state index contributed by atoms with van der Waals surface area (Å²) < 4.78 is 0. The zero-order valence-electron chi connectivity index (χ0n) is 11.5. The average Bonchev–Trinajstić information content (AvgIpc) is 2.29. The molecule has 1 unspecified atom stereocenters. The van der Waals surface area contributed by atoms with Crippen molar-refractivity contribution in [1.82, 2.24) is 9.80 Å². The first kappa shape index (κ1) is 14.3. The third-order valence-electron chi connectivity index (χ3n) is 3.90. The molecule has 0 spiro atoms. The minimum atomic E-state index is -0.235. The van der Waals surface area contributed by atoms with Crippen LogP contribution in [0.15, 0.2) is 5.16 Å². The van der Waals surface area contributed by atoms with Crippen molar-refractivity contribution in [3.05, 3.63) is 0 Å². The lowest BCUT2D eigenvalue weighted by atomic mass is 9.87. The van der Waals surface area contributed by atoms with Crippen molar-refractivity contribution in [3.63, 3.8) is 0 Å². The summed E-state index contributed by atoms with van der Waals surface area (Å²) >= 11 is 0. The van der Waals surface area contributed by atoms with Crippen molar-refractivity contribution in [2.75, 3.05) is 33.2 Å². The highest BCUT2D eigenvalue weighted by molar-refractivity contribution is 5.85. The summed E-state index contributed by atoms with van der Waals surface area (Å²) in [4.78, 5) is 4.84. The van der Waals surface area contributed by atoms with E-state index in [4.69, 9.17) is 10.9 Å². The van der Waals surface area contributed by atoms with Crippen LogP contribution in [-0.2, 0) is 0 Å². The molecule has 0 aromatic heterocycles. The first-order valence-electron chi connectivity index (χ1n) is 6.27. The van der Waals surface area contributed by atoms with Crippen LogP contribution in [0.4, 0.5) is 0 Å². The Kier molecular flexibility index (Phi) is 4.77. The van der Waals surface area contributed by atoms with E-state index in [2.05, 4.69) is 28.9 Å². The first-order valence-corrected chi connectivity index (χ1v) is 6.27. The molecular formula is C12H26N4O. The lowest BCUT2D eigenvalue weighted by molar-refractivity contribution is 0.0987. The van der Waals surface area contributed by atoms with Gasteiger partial charge < -0.3 is 20.7 Å². The van der Waals surface area contributed by atoms with Gasteiger partial charge in [0.2, 0.25) is 0 Å². The quantitative estimate of drug-likeness (QED) is 0.331. The highest BCUT2D eigenvalue weighted by Crippen LogP contribution is 2.21. The number of piperazine rings is 1. The molecular weight excluding hydrogens is 216 g/mol. The standard InChI is InChI=1S/C12H26N4O/c1-10-9-16(8-7-15(10)4)6-5-12(2,3)11(13)14-17/h10,17H,5-9H2,1-4H3,(H2,13,14). The molecule has 0 aliphatic carbocycles. The Morgan fingerprint density at radius 2 is 2.12 bits per heavy atom. The monoisotopic (exact) mass is 242 g/mol. The van der Waals surface area contributed by atoms with Crippen molar-refractivity contribution in [2.45, 2.75) is 33.2 Å². The van der Waals surface area contributed by atoms with Crippen molar-refractivity contribution in [1.29, 1.82) is 0 Å². The molecule has 17 heavy (non-hydrogen) atoms. The summed E-state index contributed by atoms with van der Waals surface area (Å²) in [6.07, 6.45) is 0.916. The predicted molar refractivity (Wildman–Crippen MR) is 70.3 cm³/mol. The Morgan fingerprint density at radius 1 is 1.47 bits per heavy atom. The molecule has 0 aromatic rings. The molecule has 0 bridgehead atoms. The number of nitrogens with zero attached hydrogens (tertiary/aromatic N) is 3. The van der Waals surface area contributed by atoms with Crippen LogP contribution in [0.25, 0.3) is 0 Å². The van der Waals surface area contributed by atoms with Gasteiger partial charge in [-0.2, -0.15) is 0 Å². The highest BCUT2D eigenvalue weighted by atomic mass is 16.4. The number of likely N-dealkylation sites (N-methyl/N-ethyl adjacent to an activating group) is 1. The van der Waals surface area contributed by atoms with Crippen molar-refractivity contribution >= 4 is 5.84 Å². The van der Waals surface area contributed by atoms with Crippen LogP contribution in [0, 0.1) is 5.41 Å². The fourth-order valence-corrected chi connectivity index (χ4v) is 2.03. The van der Waals surface area contributed by atoms with E-state index in [0.717, 1.165) is 32.6 Å². The minimum absolute atomic E-state index is 0.235. The van der Waals surface area contributed by atoms with E-state index in [1.165, 1.54) is 0 Å². The second-order valence-electron chi connectivity index (χ2n) is 5.75. The second kappa shape index (κ2) is 5.69. The molecule has 0 amide bonds. The summed E-state index contributed by atoms with van der Waals surface area (Å²) in [6, 6.07) is 0.607. The number of oxime groups is 1. The third-order valence-corrected chi connectivity index (χ3v) is 3.90. The lowest BCUT2D eigenvalue weighted by Gasteiger charge is -2.38. The Balaban J connectivity index is 2.41. The lowest BCUT2D eigenvalue weighted by Crippen LogP contribution is -2.50. The number of amidine groups is 1. The average molecular weight is 242 g/mol. The second-order valence-corrected chi connectivity index (χ2v) is 5.75. The van der Waals surface area contributed by atoms with Gasteiger partial charge in [-0.1, -0.05) is 19.0 Å². The Bertz CT molecular complexity index is 278. The van der Waals surface area contributed by atoms with Gasteiger partial charge in [0, 0.05) is 31.1 Å². The predicted octanol–water partition coefficient (Wildman–Crippen LogP) is 0.785. The zero-order chi connectivity index (χ0) is 13.1. The maximum atomic E-state index is 8.73. The van der Waals surface area contributed by atoms with Crippen LogP contribution < -0.4 is 5.73 Å². The summed E-state index contributed by atoms with van der Waals surface area (Å²) in [5.74, 6) is 0.319. The van der Waals surface area contributed by atoms with E-state index in [1.54, 1.807) is 0 Å². The van der Waals surface area contributed by atoms with E-state index in [-0.39, 0.29) is 5.41 Å². The van der Waals surface area contributed by atoms with E-state index in [9.17, 15) is 0 Å². The SMILES string of the molecule is CC1CN(CCC(C)(C)C(N)=NO)CCN1C. The number of nitrogens with two attached hydrogens (primary N) is 1. The third kappa shape index (κ3) is 3.85. The molecule has 5 heteroatoms. The highest BCUT2D eigenvalue weighted by Gasteiger charge is 2.26. The van der Waals surface area contributed by atoms with Gasteiger partial charge in [0.05, 0.1) is 0 Å². The van der Waals surface area contributed by atoms with Gasteiger partial charge >= 0.3 is 0 Å². The van der Waals surface area contributed by atoms with Gasteiger partial charge in [-0.15, -0.1) is 0 Å². The smallest absolute Gasteiger partial charge is 0.144 e. The topological polar surface area (TPSA) is 65.1 Å². The molecule has 0 aromatic carbocycles. The van der Waals surface area contributed by atoms with E-state index >= 15 is 0 Å². The molecule has 1 fully saturated rings. The molecule has 100 valence electrons. The van der Waals surface area contributed by atoms with Crippen molar-refractivity contribution in [3.8, 4) is 0 Å². The Hall–Kier alpha value is -0.810. The van der Waals surface area contributed by atoms with Gasteiger partial charge in [0.1, 0.15) is 5.84 Å². The molecule has 1 heterocycles. The van der Waals surface area contributed by atoms with Crippen LogP contribution >= 0.6 is 0 Å². The van der Waals surface area contributed by atoms with Crippen LogP contribution in [-0.4, -0.2) is 60.1 Å². The Labute approximate surface area is 104 Å². The normalized spacial score (nSPS) is 25.2. The largest absolute Gasteiger partial charge is 0.409 e. The van der Waals surface area contributed by atoms with Crippen LogP contribution in [0.3, 0.4) is 0 Å². The molecule has 1 aliphatic rings. The Morgan fingerprint density at radius 3 is 2.65 bits per heavy atom. The maximum absolute atomic E-state index is 8.73. The summed E-state index contributed by atoms with van der Waals surface area (Å²) in [5, 5.41) is 11.8. The van der Waals surface area contributed by atoms with Crippen LogP contribution in [0.2, 0.25) is 0 Å². The summed E-state index contributed by atoms with van der Waals surface area (Å²) in [5.41, 5.74) is 5.45. The molecule has 0 saturated carbocycles. The van der Waals surface area contributed by atoms with Crippen LogP contribution in [0.5, 0.6) is 0 Å². The number of rotatable bonds is 4. The molecule has 0 radical (unpaired) electrons. The van der Waals surface area contributed by atoms with E-state index in [0.29, 0.717) is 11.9 Å². The van der Waals surface area contributed by atoms with Crippen LogP contribution in [0.1, 0.15) is 27.2 Å². The van der Waals surface area contributed by atoms with Crippen molar-refractivity contribution in [2.24, 2.45) is 16.3 Å². The van der Waals surface area contributed by atoms with E-state index < -0.39 is 0 Å². The number of hydrogen-bond donors (Lipinski definition) is 2. The summed E-state index contributed by atoms with van der Waals surface area (Å²) in [7, 11) is 2.17. The van der Waals surface area contributed by atoms with Crippen molar-refractivity contribution < 1.29 is 5.21 Å². The maximum Gasteiger partial charge on any atom is 0.144 e. The first-order chi connectivity index (χ1) is 7.86. The molecule has 3 N–H and O–H groups in total. The molecule has 5 nitrogen and oxygen atoms in total. The van der Waals surface area contributed by atoms with Gasteiger partial charge in [0.15, 0.2) is 0 Å². The number of hydrogen-bond acceptors (Lipinski definition) is 4. The molecule has 1 atom stereocenters. The van der Waals surface area contributed by atoms with Gasteiger partial charge in [0.25, 0.3) is 0 Å². The molecule has 1 rings (SSSR count).